The number of hydrogen-bond acceptors (Lipinski definition) is 3. The van der Waals surface area contributed by atoms with Crippen LogP contribution < -0.4 is 10.5 Å². The highest BCUT2D eigenvalue weighted by Crippen LogP contribution is 2.24. The lowest BCUT2D eigenvalue weighted by Gasteiger charge is -2.03. The maximum absolute atomic E-state index is 9.37. The van der Waals surface area contributed by atoms with Gasteiger partial charge in [-0.15, -0.1) is 0 Å². The van der Waals surface area contributed by atoms with Crippen LogP contribution in [0, 0.1) is 0 Å². The summed E-state index contributed by atoms with van der Waals surface area (Å²) < 4.78 is 5.23. The highest BCUT2D eigenvalue weighted by molar-refractivity contribution is 5.88. The smallest absolute Gasteiger partial charge is 0.303 e. The van der Waals surface area contributed by atoms with Gasteiger partial charge < -0.3 is 15.6 Å². The molecule has 5 nitrogen and oxygen atoms in total. The van der Waals surface area contributed by atoms with Crippen molar-refractivity contribution in [2.45, 2.75) is 20.3 Å². The molecule has 21 heavy (non-hydrogen) atoms. The van der Waals surface area contributed by atoms with Crippen molar-refractivity contribution >= 4 is 22.6 Å². The number of carboxylic acid groups (broad SMARTS) is 1. The molecule has 0 fully saturated rings. The van der Waals surface area contributed by atoms with Crippen molar-refractivity contribution in [2.75, 3.05) is 7.11 Å². The number of ether oxygens (including phenoxy) is 1. The second-order valence-electron chi connectivity index (χ2n) is 4.04. The van der Waals surface area contributed by atoms with Gasteiger partial charge in [-0.05, 0) is 11.5 Å². The molecule has 1 amide bonds. The lowest BCUT2D eigenvalue weighted by molar-refractivity contribution is -0.136. The first-order valence-electron chi connectivity index (χ1n) is 6.41. The molecule has 0 saturated carbocycles. The molecule has 0 bridgehead atoms. The monoisotopic (exact) mass is 291 g/mol. The maximum atomic E-state index is 9.37. The zero-order chi connectivity index (χ0) is 16.3. The van der Waals surface area contributed by atoms with Gasteiger partial charge in [-0.2, -0.15) is 0 Å². The number of carbonyl (C=O) groups is 2. The van der Waals surface area contributed by atoms with Crippen LogP contribution >= 0.6 is 0 Å². The standard InChI is InChI=1S/C11H10O.C3H6O2.C2H5NO/c1-12-11-8-4-6-9-5-2-3-7-10(9)11;1-2-3(4)5;1-2(3)4/h2-8H,1H3;2H2,1H3,(H,4,5);1H3,(H2,3,4). The zero-order valence-corrected chi connectivity index (χ0v) is 12.5. The van der Waals surface area contributed by atoms with Gasteiger partial charge in [0.15, 0.2) is 0 Å². The molecular formula is C16H21NO4. The number of carboxylic acids is 1. The summed E-state index contributed by atoms with van der Waals surface area (Å²) in [7, 11) is 1.70. The van der Waals surface area contributed by atoms with Gasteiger partial charge >= 0.3 is 5.97 Å². The number of fused-ring (bicyclic) bond motifs is 1. The predicted octanol–water partition coefficient (Wildman–Crippen LogP) is 2.82. The zero-order valence-electron chi connectivity index (χ0n) is 12.5. The maximum Gasteiger partial charge on any atom is 0.303 e. The normalized spacial score (nSPS) is 8.71. The van der Waals surface area contributed by atoms with E-state index >= 15 is 0 Å². The van der Waals surface area contributed by atoms with E-state index in [9.17, 15) is 9.59 Å². The first kappa shape index (κ1) is 18.4. The fourth-order valence-electron chi connectivity index (χ4n) is 1.37. The van der Waals surface area contributed by atoms with E-state index in [0.29, 0.717) is 0 Å². The third-order valence-electron chi connectivity index (χ3n) is 2.27. The molecule has 2 aromatic rings. The highest BCUT2D eigenvalue weighted by Gasteiger charge is 1.97. The SMILES string of the molecule is CC(N)=O.CCC(=O)O.COc1cccc2ccccc12. The number of benzene rings is 2. The highest BCUT2D eigenvalue weighted by atomic mass is 16.5. The Kier molecular flexibility index (Phi) is 9.00. The Bertz CT molecular complexity index is 572. The Morgan fingerprint density at radius 2 is 1.62 bits per heavy atom. The molecule has 0 spiro atoms. The third kappa shape index (κ3) is 8.26. The van der Waals surface area contributed by atoms with Crippen molar-refractivity contribution in [1.29, 1.82) is 0 Å². The van der Waals surface area contributed by atoms with Gasteiger partial charge in [0.25, 0.3) is 0 Å². The summed E-state index contributed by atoms with van der Waals surface area (Å²) in [6.07, 6.45) is 0.222. The number of methoxy groups -OCH3 is 1. The molecule has 0 aliphatic heterocycles. The number of hydrogen-bond donors (Lipinski definition) is 2. The number of primary amides is 1. The number of rotatable bonds is 2. The third-order valence-corrected chi connectivity index (χ3v) is 2.27. The summed E-state index contributed by atoms with van der Waals surface area (Å²) >= 11 is 0. The van der Waals surface area contributed by atoms with Gasteiger partial charge in [-0.1, -0.05) is 43.3 Å². The fraction of sp³-hybridized carbons (Fsp3) is 0.250. The van der Waals surface area contributed by atoms with Crippen LogP contribution in [0.4, 0.5) is 0 Å². The summed E-state index contributed by atoms with van der Waals surface area (Å²) in [6, 6.07) is 14.2. The van der Waals surface area contributed by atoms with Crippen molar-refractivity contribution in [3.8, 4) is 5.75 Å². The molecule has 2 rings (SSSR count). The minimum atomic E-state index is -0.745. The number of aliphatic carboxylic acids is 1. The van der Waals surface area contributed by atoms with Gasteiger partial charge in [-0.3, -0.25) is 9.59 Å². The molecule has 2 aromatic carbocycles. The molecule has 0 saturated heterocycles. The van der Waals surface area contributed by atoms with E-state index in [-0.39, 0.29) is 12.3 Å². The van der Waals surface area contributed by atoms with E-state index in [0.717, 1.165) is 5.75 Å². The molecule has 0 radical (unpaired) electrons. The van der Waals surface area contributed by atoms with E-state index < -0.39 is 5.97 Å². The predicted molar refractivity (Wildman–Crippen MR) is 83.3 cm³/mol. The summed E-state index contributed by atoms with van der Waals surface area (Å²) in [5.74, 6) is -0.141. The Morgan fingerprint density at radius 3 is 2.10 bits per heavy atom. The van der Waals surface area contributed by atoms with Crippen molar-refractivity contribution in [3.63, 3.8) is 0 Å². The minimum absolute atomic E-state index is 0.222. The van der Waals surface area contributed by atoms with E-state index in [1.807, 2.05) is 24.3 Å². The number of nitrogens with two attached hydrogens (primary N) is 1. The summed E-state index contributed by atoms with van der Waals surface area (Å²) in [6.45, 7) is 2.91. The van der Waals surface area contributed by atoms with Crippen molar-refractivity contribution in [3.05, 3.63) is 42.5 Å². The largest absolute Gasteiger partial charge is 0.496 e. The van der Waals surface area contributed by atoms with Crippen LogP contribution in [0.25, 0.3) is 10.8 Å². The van der Waals surface area contributed by atoms with E-state index in [1.54, 1.807) is 14.0 Å². The van der Waals surface area contributed by atoms with Crippen LogP contribution in [0.3, 0.4) is 0 Å². The molecule has 0 heterocycles. The number of carbonyl (C=O) groups excluding carboxylic acids is 1. The average Bonchev–Trinajstić information content (AvgIpc) is 2.46. The molecule has 3 N–H and O–H groups in total. The lowest BCUT2D eigenvalue weighted by Crippen LogP contribution is -2.01. The Hall–Kier alpha value is -2.56. The van der Waals surface area contributed by atoms with Crippen LogP contribution in [-0.2, 0) is 9.59 Å². The van der Waals surface area contributed by atoms with Crippen LogP contribution in [0.15, 0.2) is 42.5 Å². The second kappa shape index (κ2) is 10.3. The Balaban J connectivity index is 0.000000374. The lowest BCUT2D eigenvalue weighted by atomic mass is 10.1. The van der Waals surface area contributed by atoms with Gasteiger partial charge in [0.1, 0.15) is 5.75 Å². The van der Waals surface area contributed by atoms with E-state index in [1.165, 1.54) is 17.7 Å². The molecule has 5 heteroatoms. The first-order valence-corrected chi connectivity index (χ1v) is 6.41. The van der Waals surface area contributed by atoms with E-state index in [4.69, 9.17) is 9.84 Å². The molecule has 0 unspecified atom stereocenters. The molecule has 114 valence electrons. The molecular weight excluding hydrogens is 270 g/mol. The summed E-state index contributed by atoms with van der Waals surface area (Å²) in [4.78, 5) is 18.6. The van der Waals surface area contributed by atoms with E-state index in [2.05, 4.69) is 23.9 Å². The van der Waals surface area contributed by atoms with Crippen LogP contribution in [0.2, 0.25) is 0 Å². The van der Waals surface area contributed by atoms with Crippen molar-refractivity contribution < 1.29 is 19.4 Å². The quantitative estimate of drug-likeness (QED) is 0.890. The fourth-order valence-corrected chi connectivity index (χ4v) is 1.37. The first-order chi connectivity index (χ1) is 9.92. The van der Waals surface area contributed by atoms with Crippen LogP contribution in [0.1, 0.15) is 20.3 Å². The van der Waals surface area contributed by atoms with Crippen molar-refractivity contribution in [1.82, 2.24) is 0 Å². The Morgan fingerprint density at radius 1 is 1.14 bits per heavy atom. The summed E-state index contributed by atoms with van der Waals surface area (Å²) in [5, 5.41) is 10.1. The van der Waals surface area contributed by atoms with Crippen molar-refractivity contribution in [2.24, 2.45) is 5.73 Å². The Labute approximate surface area is 124 Å². The second-order valence-corrected chi connectivity index (χ2v) is 4.04. The van der Waals surface area contributed by atoms with Crippen LogP contribution in [0.5, 0.6) is 5.75 Å². The van der Waals surface area contributed by atoms with Crippen LogP contribution in [-0.4, -0.2) is 24.1 Å². The minimum Gasteiger partial charge on any atom is -0.496 e. The summed E-state index contributed by atoms with van der Waals surface area (Å²) in [5.41, 5.74) is 4.47. The molecule has 0 aliphatic rings. The van der Waals surface area contributed by atoms with Gasteiger partial charge in [-0.25, -0.2) is 0 Å². The number of amides is 1. The van der Waals surface area contributed by atoms with Gasteiger partial charge in [0.05, 0.1) is 7.11 Å². The average molecular weight is 291 g/mol. The van der Waals surface area contributed by atoms with Gasteiger partial charge in [0, 0.05) is 18.7 Å². The van der Waals surface area contributed by atoms with Gasteiger partial charge in [0.2, 0.25) is 5.91 Å². The topological polar surface area (TPSA) is 89.6 Å². The molecule has 0 atom stereocenters. The molecule has 0 aromatic heterocycles. The molecule has 0 aliphatic carbocycles.